The minimum atomic E-state index is -0.288. The average molecular weight is 272 g/mol. The van der Waals surface area contributed by atoms with Crippen LogP contribution in [0.15, 0.2) is 24.3 Å². The molecule has 106 valence electrons. The normalized spacial score (nSPS) is 21.9. The van der Waals surface area contributed by atoms with E-state index in [1.54, 1.807) is 4.90 Å². The second-order valence-corrected chi connectivity index (χ2v) is 5.81. The van der Waals surface area contributed by atoms with Crippen LogP contribution in [-0.4, -0.2) is 35.3 Å². The van der Waals surface area contributed by atoms with Crippen LogP contribution >= 0.6 is 0 Å². The first-order chi connectivity index (χ1) is 9.65. The Balaban J connectivity index is 1.72. The van der Waals surface area contributed by atoms with Gasteiger partial charge >= 0.3 is 0 Å². The molecule has 0 spiro atoms. The number of carbonyl (C=O) groups is 2. The van der Waals surface area contributed by atoms with Gasteiger partial charge < -0.3 is 10.2 Å². The summed E-state index contributed by atoms with van der Waals surface area (Å²) in [5, 5.41) is 3.01. The summed E-state index contributed by atoms with van der Waals surface area (Å²) in [6.07, 6.45) is 3.82. The van der Waals surface area contributed by atoms with Crippen LogP contribution in [-0.2, 0) is 4.79 Å². The highest BCUT2D eigenvalue weighted by atomic mass is 16.2. The number of rotatable bonds is 3. The summed E-state index contributed by atoms with van der Waals surface area (Å²) >= 11 is 0. The van der Waals surface area contributed by atoms with Gasteiger partial charge in [0.1, 0.15) is 6.04 Å². The fraction of sp³-hybridized carbons (Fsp3) is 0.500. The molecule has 4 heteroatoms. The second kappa shape index (κ2) is 5.27. The molecule has 1 saturated carbocycles. The van der Waals surface area contributed by atoms with Crippen molar-refractivity contribution in [1.29, 1.82) is 0 Å². The van der Waals surface area contributed by atoms with Gasteiger partial charge in [0.15, 0.2) is 0 Å². The maximum Gasteiger partial charge on any atom is 0.254 e. The molecule has 0 radical (unpaired) electrons. The molecule has 0 bridgehead atoms. The lowest BCUT2D eigenvalue weighted by Gasteiger charge is -2.24. The van der Waals surface area contributed by atoms with E-state index in [1.807, 2.05) is 31.2 Å². The molecule has 4 nitrogen and oxygen atoms in total. The highest BCUT2D eigenvalue weighted by molar-refractivity contribution is 5.98. The molecule has 1 aromatic rings. The molecule has 1 saturated heterocycles. The standard InChI is InChI=1S/C16H20N2O2/c1-11-4-6-12(7-5-11)16(20)18-10-2-3-14(18)15(19)17-13-8-9-13/h4-7,13-14H,2-3,8-10H2,1H3,(H,17,19). The predicted molar refractivity (Wildman–Crippen MR) is 76.4 cm³/mol. The molecule has 2 amide bonds. The van der Waals surface area contributed by atoms with Crippen LogP contribution in [0.1, 0.15) is 41.6 Å². The quantitative estimate of drug-likeness (QED) is 0.913. The number of hydrogen-bond donors (Lipinski definition) is 1. The molecular weight excluding hydrogens is 252 g/mol. The minimum Gasteiger partial charge on any atom is -0.352 e. The van der Waals surface area contributed by atoms with Crippen LogP contribution < -0.4 is 5.32 Å². The van der Waals surface area contributed by atoms with Crippen molar-refractivity contribution in [2.75, 3.05) is 6.54 Å². The number of amides is 2. The zero-order chi connectivity index (χ0) is 14.1. The second-order valence-electron chi connectivity index (χ2n) is 5.81. The van der Waals surface area contributed by atoms with Gasteiger partial charge in [-0.2, -0.15) is 0 Å². The molecule has 0 aromatic heterocycles. The summed E-state index contributed by atoms with van der Waals surface area (Å²) in [6.45, 7) is 2.67. The summed E-state index contributed by atoms with van der Waals surface area (Å²) in [5.41, 5.74) is 1.80. The first kappa shape index (κ1) is 13.2. The largest absolute Gasteiger partial charge is 0.352 e. The summed E-state index contributed by atoms with van der Waals surface area (Å²) in [7, 11) is 0. The third-order valence-corrected chi connectivity index (χ3v) is 4.04. The molecule has 1 atom stereocenters. The monoisotopic (exact) mass is 272 g/mol. The Kier molecular flexibility index (Phi) is 3.47. The molecule has 1 heterocycles. The fourth-order valence-corrected chi connectivity index (χ4v) is 2.67. The predicted octanol–water partition coefficient (Wildman–Crippen LogP) is 1.88. The SMILES string of the molecule is Cc1ccc(C(=O)N2CCCC2C(=O)NC2CC2)cc1. The number of carbonyl (C=O) groups excluding carboxylic acids is 2. The number of nitrogens with one attached hydrogen (secondary N) is 1. The molecule has 3 rings (SSSR count). The van der Waals surface area contributed by atoms with Gasteiger partial charge in [-0.1, -0.05) is 17.7 Å². The van der Waals surface area contributed by atoms with Gasteiger partial charge in [-0.3, -0.25) is 9.59 Å². The van der Waals surface area contributed by atoms with Gasteiger partial charge in [0.05, 0.1) is 0 Å². The first-order valence-corrected chi connectivity index (χ1v) is 7.33. The van der Waals surface area contributed by atoms with Crippen molar-refractivity contribution in [2.24, 2.45) is 0 Å². The lowest BCUT2D eigenvalue weighted by molar-refractivity contribution is -0.125. The lowest BCUT2D eigenvalue weighted by Crippen LogP contribution is -2.46. The Morgan fingerprint density at radius 1 is 1.15 bits per heavy atom. The van der Waals surface area contributed by atoms with Crippen molar-refractivity contribution in [3.8, 4) is 0 Å². The van der Waals surface area contributed by atoms with Gasteiger partial charge in [0.25, 0.3) is 5.91 Å². The maximum atomic E-state index is 12.5. The first-order valence-electron chi connectivity index (χ1n) is 7.33. The molecule has 1 aromatic carbocycles. The summed E-state index contributed by atoms with van der Waals surface area (Å²) in [5.74, 6) is -0.0103. The van der Waals surface area contributed by atoms with E-state index < -0.39 is 0 Å². The van der Waals surface area contributed by atoms with E-state index in [2.05, 4.69) is 5.32 Å². The molecule has 1 unspecified atom stereocenters. The molecule has 1 aliphatic carbocycles. The molecule has 2 fully saturated rings. The van der Waals surface area contributed by atoms with Crippen LogP contribution in [0, 0.1) is 6.92 Å². The van der Waals surface area contributed by atoms with E-state index in [0.717, 1.165) is 31.2 Å². The van der Waals surface area contributed by atoms with Crippen molar-refractivity contribution in [3.05, 3.63) is 35.4 Å². The van der Waals surface area contributed by atoms with E-state index in [-0.39, 0.29) is 17.9 Å². The van der Waals surface area contributed by atoms with Crippen molar-refractivity contribution in [2.45, 2.75) is 44.7 Å². The number of nitrogens with zero attached hydrogens (tertiary/aromatic N) is 1. The van der Waals surface area contributed by atoms with Crippen molar-refractivity contribution >= 4 is 11.8 Å². The number of likely N-dealkylation sites (tertiary alicyclic amines) is 1. The third-order valence-electron chi connectivity index (χ3n) is 4.04. The van der Waals surface area contributed by atoms with Crippen LogP contribution in [0.5, 0.6) is 0 Å². The van der Waals surface area contributed by atoms with Crippen LogP contribution in [0.3, 0.4) is 0 Å². The molecule has 1 aliphatic heterocycles. The van der Waals surface area contributed by atoms with E-state index in [4.69, 9.17) is 0 Å². The fourth-order valence-electron chi connectivity index (χ4n) is 2.67. The van der Waals surface area contributed by atoms with Gasteiger partial charge in [0.2, 0.25) is 5.91 Å². The van der Waals surface area contributed by atoms with Crippen LogP contribution in [0.2, 0.25) is 0 Å². The van der Waals surface area contributed by atoms with Gasteiger partial charge in [-0.25, -0.2) is 0 Å². The summed E-state index contributed by atoms with van der Waals surface area (Å²) in [6, 6.07) is 7.60. The highest BCUT2D eigenvalue weighted by Gasteiger charge is 2.36. The Labute approximate surface area is 119 Å². The average Bonchev–Trinajstić information content (AvgIpc) is 3.11. The van der Waals surface area contributed by atoms with Crippen molar-refractivity contribution < 1.29 is 9.59 Å². The van der Waals surface area contributed by atoms with E-state index >= 15 is 0 Å². The van der Waals surface area contributed by atoms with Crippen molar-refractivity contribution in [3.63, 3.8) is 0 Å². The topological polar surface area (TPSA) is 49.4 Å². The smallest absolute Gasteiger partial charge is 0.254 e. The molecule has 20 heavy (non-hydrogen) atoms. The van der Waals surface area contributed by atoms with Crippen LogP contribution in [0.25, 0.3) is 0 Å². The Morgan fingerprint density at radius 3 is 2.50 bits per heavy atom. The lowest BCUT2D eigenvalue weighted by atomic mass is 10.1. The Morgan fingerprint density at radius 2 is 1.85 bits per heavy atom. The third kappa shape index (κ3) is 2.69. The number of hydrogen-bond acceptors (Lipinski definition) is 2. The molecule has 1 N–H and O–H groups in total. The van der Waals surface area contributed by atoms with Gasteiger partial charge in [0, 0.05) is 18.2 Å². The molecule has 2 aliphatic rings. The van der Waals surface area contributed by atoms with E-state index in [9.17, 15) is 9.59 Å². The molecular formula is C16H20N2O2. The Bertz CT molecular complexity index is 520. The van der Waals surface area contributed by atoms with E-state index in [0.29, 0.717) is 18.2 Å². The van der Waals surface area contributed by atoms with Gasteiger partial charge in [-0.15, -0.1) is 0 Å². The van der Waals surface area contributed by atoms with E-state index in [1.165, 1.54) is 0 Å². The van der Waals surface area contributed by atoms with Crippen molar-refractivity contribution in [1.82, 2.24) is 10.2 Å². The number of aryl methyl sites for hydroxylation is 1. The van der Waals surface area contributed by atoms with Crippen LogP contribution in [0.4, 0.5) is 0 Å². The zero-order valence-electron chi connectivity index (χ0n) is 11.8. The maximum absolute atomic E-state index is 12.5. The highest BCUT2D eigenvalue weighted by Crippen LogP contribution is 2.23. The zero-order valence-corrected chi connectivity index (χ0v) is 11.8. The summed E-state index contributed by atoms with van der Waals surface area (Å²) < 4.78 is 0. The summed E-state index contributed by atoms with van der Waals surface area (Å²) in [4.78, 5) is 26.4. The van der Waals surface area contributed by atoms with Gasteiger partial charge in [-0.05, 0) is 44.7 Å². The minimum absolute atomic E-state index is 0.0189. The number of benzene rings is 1. The Hall–Kier alpha value is -1.84.